The molecule has 2 fully saturated rings. The Hall–Kier alpha value is -0.870. The van der Waals surface area contributed by atoms with Gasteiger partial charge >= 0.3 is 5.97 Å². The number of hydrogen-bond acceptors (Lipinski definition) is 4. The highest BCUT2D eigenvalue weighted by atomic mass is 16.7. The van der Waals surface area contributed by atoms with Crippen molar-refractivity contribution in [2.24, 2.45) is 5.41 Å². The number of carbonyl (C=O) groups is 1. The van der Waals surface area contributed by atoms with Crippen LogP contribution in [0.2, 0.25) is 0 Å². The average molecular weight is 381 g/mol. The molecule has 156 valence electrons. The molecule has 0 aromatic carbocycles. The van der Waals surface area contributed by atoms with Gasteiger partial charge in [0.1, 0.15) is 0 Å². The molecule has 0 radical (unpaired) electrons. The largest absolute Gasteiger partial charge is 0.462 e. The fraction of sp³-hybridized carbons (Fsp3) is 0.870. The molecule has 1 aliphatic carbocycles. The van der Waals surface area contributed by atoms with E-state index in [1.807, 2.05) is 0 Å². The zero-order chi connectivity index (χ0) is 19.4. The van der Waals surface area contributed by atoms with Crippen LogP contribution in [0.4, 0.5) is 0 Å². The van der Waals surface area contributed by atoms with E-state index >= 15 is 0 Å². The van der Waals surface area contributed by atoms with Gasteiger partial charge in [0.05, 0.1) is 13.2 Å². The molecule has 1 atom stereocenters. The first kappa shape index (κ1) is 22.4. The summed E-state index contributed by atoms with van der Waals surface area (Å²) >= 11 is 0. The van der Waals surface area contributed by atoms with Crippen LogP contribution in [0.15, 0.2) is 12.2 Å². The third-order valence-corrected chi connectivity index (χ3v) is 5.99. The average Bonchev–Trinajstić information content (AvgIpc) is 2.67. The van der Waals surface area contributed by atoms with Crippen molar-refractivity contribution in [2.75, 3.05) is 19.8 Å². The van der Waals surface area contributed by atoms with Crippen LogP contribution >= 0.6 is 0 Å². The van der Waals surface area contributed by atoms with Gasteiger partial charge in [-0.05, 0) is 39.0 Å². The van der Waals surface area contributed by atoms with Crippen LogP contribution in [0, 0.1) is 5.41 Å². The summed E-state index contributed by atoms with van der Waals surface area (Å²) < 4.78 is 17.6. The van der Waals surface area contributed by atoms with Gasteiger partial charge in [0, 0.05) is 17.6 Å². The van der Waals surface area contributed by atoms with Crippen LogP contribution in [0.5, 0.6) is 0 Å². The lowest BCUT2D eigenvalue weighted by Gasteiger charge is -2.35. The maximum absolute atomic E-state index is 12.0. The standard InChI is InChI=1S/C23H40O4/c1-20(2)22(24)27-19-23(18-26-21-14-10-13-17-25-21)15-11-8-6-4-3-5-7-9-12-16-23/h21H,1,3-19H2,2H3. The molecule has 0 bridgehead atoms. The minimum Gasteiger partial charge on any atom is -0.462 e. The summed E-state index contributed by atoms with van der Waals surface area (Å²) in [6.07, 6.45) is 16.9. The highest BCUT2D eigenvalue weighted by Gasteiger charge is 2.33. The van der Waals surface area contributed by atoms with Gasteiger partial charge in [0.2, 0.25) is 0 Å². The topological polar surface area (TPSA) is 44.8 Å². The summed E-state index contributed by atoms with van der Waals surface area (Å²) in [5.74, 6) is -0.283. The second-order valence-electron chi connectivity index (χ2n) is 8.65. The fourth-order valence-corrected chi connectivity index (χ4v) is 4.15. The summed E-state index contributed by atoms with van der Waals surface area (Å²) in [6, 6.07) is 0. The third-order valence-electron chi connectivity index (χ3n) is 5.99. The summed E-state index contributed by atoms with van der Waals surface area (Å²) in [5, 5.41) is 0. The number of esters is 1. The van der Waals surface area contributed by atoms with Gasteiger partial charge in [-0.3, -0.25) is 0 Å². The van der Waals surface area contributed by atoms with Crippen molar-refractivity contribution in [1.82, 2.24) is 0 Å². The lowest BCUT2D eigenvalue weighted by molar-refractivity contribution is -0.187. The highest BCUT2D eigenvalue weighted by Crippen LogP contribution is 2.35. The monoisotopic (exact) mass is 380 g/mol. The van der Waals surface area contributed by atoms with Crippen LogP contribution in [-0.2, 0) is 19.0 Å². The summed E-state index contributed by atoms with van der Waals surface area (Å²) in [5.41, 5.74) is 0.375. The van der Waals surface area contributed by atoms with E-state index in [1.165, 1.54) is 64.2 Å². The molecule has 27 heavy (non-hydrogen) atoms. The molecule has 1 saturated carbocycles. The SMILES string of the molecule is C=C(C)C(=O)OCC1(COC2CCCCO2)CCCCCCCCCCC1. The molecule has 2 aliphatic rings. The molecule has 1 saturated heterocycles. The van der Waals surface area contributed by atoms with Crippen molar-refractivity contribution in [2.45, 2.75) is 103 Å². The Morgan fingerprint density at radius 2 is 1.52 bits per heavy atom. The van der Waals surface area contributed by atoms with Crippen LogP contribution in [0.25, 0.3) is 0 Å². The molecule has 4 nitrogen and oxygen atoms in total. The second kappa shape index (κ2) is 12.6. The lowest BCUT2D eigenvalue weighted by atomic mass is 9.78. The molecule has 0 spiro atoms. The molecule has 0 amide bonds. The zero-order valence-corrected chi connectivity index (χ0v) is 17.4. The zero-order valence-electron chi connectivity index (χ0n) is 17.4. The van der Waals surface area contributed by atoms with E-state index in [4.69, 9.17) is 14.2 Å². The van der Waals surface area contributed by atoms with Gasteiger partial charge in [-0.25, -0.2) is 4.79 Å². The molecular weight excluding hydrogens is 340 g/mol. The fourth-order valence-electron chi connectivity index (χ4n) is 4.15. The predicted molar refractivity (Wildman–Crippen MR) is 109 cm³/mol. The van der Waals surface area contributed by atoms with Gasteiger partial charge < -0.3 is 14.2 Å². The van der Waals surface area contributed by atoms with E-state index in [0.29, 0.717) is 18.8 Å². The normalized spacial score (nSPS) is 25.0. The number of ether oxygens (including phenoxy) is 3. The first-order chi connectivity index (χ1) is 13.1. The Labute approximate surface area is 166 Å². The molecule has 0 aromatic rings. The van der Waals surface area contributed by atoms with Crippen LogP contribution in [0.3, 0.4) is 0 Å². The molecule has 4 heteroatoms. The predicted octanol–water partition coefficient (Wildman–Crippen LogP) is 5.94. The molecule has 0 aromatic heterocycles. The number of rotatable bonds is 6. The first-order valence-electron chi connectivity index (χ1n) is 11.2. The molecule has 1 heterocycles. The van der Waals surface area contributed by atoms with Crippen molar-refractivity contribution < 1.29 is 19.0 Å². The van der Waals surface area contributed by atoms with Crippen LogP contribution in [0.1, 0.15) is 96.8 Å². The van der Waals surface area contributed by atoms with Gasteiger partial charge in [-0.15, -0.1) is 0 Å². The second-order valence-corrected chi connectivity index (χ2v) is 8.65. The molecule has 1 unspecified atom stereocenters. The lowest BCUT2D eigenvalue weighted by Crippen LogP contribution is -2.37. The van der Waals surface area contributed by atoms with E-state index in [9.17, 15) is 4.79 Å². The maximum Gasteiger partial charge on any atom is 0.333 e. The van der Waals surface area contributed by atoms with E-state index < -0.39 is 0 Å². The van der Waals surface area contributed by atoms with Crippen molar-refractivity contribution in [3.05, 3.63) is 12.2 Å². The Morgan fingerprint density at radius 1 is 0.926 bits per heavy atom. The summed E-state index contributed by atoms with van der Waals surface area (Å²) in [6.45, 7) is 7.29. The van der Waals surface area contributed by atoms with E-state index in [0.717, 1.165) is 32.3 Å². The van der Waals surface area contributed by atoms with Crippen molar-refractivity contribution in [1.29, 1.82) is 0 Å². The number of carbonyl (C=O) groups excluding carboxylic acids is 1. The Morgan fingerprint density at radius 3 is 2.04 bits per heavy atom. The maximum atomic E-state index is 12.0. The quantitative estimate of drug-likeness (QED) is 0.422. The minimum atomic E-state index is -0.283. The van der Waals surface area contributed by atoms with Crippen LogP contribution in [-0.4, -0.2) is 32.1 Å². The van der Waals surface area contributed by atoms with E-state index in [-0.39, 0.29) is 17.7 Å². The van der Waals surface area contributed by atoms with Crippen molar-refractivity contribution >= 4 is 5.97 Å². The van der Waals surface area contributed by atoms with Gasteiger partial charge in [0.15, 0.2) is 6.29 Å². The minimum absolute atomic E-state index is 0.0890. The molecule has 2 rings (SSSR count). The summed E-state index contributed by atoms with van der Waals surface area (Å²) in [7, 11) is 0. The van der Waals surface area contributed by atoms with Gasteiger partial charge in [-0.2, -0.15) is 0 Å². The van der Waals surface area contributed by atoms with Crippen molar-refractivity contribution in [3.63, 3.8) is 0 Å². The Bertz CT molecular complexity index is 428. The van der Waals surface area contributed by atoms with Crippen molar-refractivity contribution in [3.8, 4) is 0 Å². The van der Waals surface area contributed by atoms with E-state index in [2.05, 4.69) is 6.58 Å². The molecular formula is C23H40O4. The Balaban J connectivity index is 1.99. The summed E-state index contributed by atoms with van der Waals surface area (Å²) in [4.78, 5) is 12.0. The Kier molecular flexibility index (Phi) is 10.4. The van der Waals surface area contributed by atoms with Gasteiger partial charge in [0.25, 0.3) is 0 Å². The smallest absolute Gasteiger partial charge is 0.333 e. The molecule has 1 aliphatic heterocycles. The van der Waals surface area contributed by atoms with E-state index in [1.54, 1.807) is 6.92 Å². The molecule has 0 N–H and O–H groups in total. The first-order valence-corrected chi connectivity index (χ1v) is 11.2. The van der Waals surface area contributed by atoms with Crippen LogP contribution < -0.4 is 0 Å². The third kappa shape index (κ3) is 8.78. The number of hydrogen-bond donors (Lipinski definition) is 0. The van der Waals surface area contributed by atoms with Gasteiger partial charge in [-0.1, -0.05) is 64.4 Å². The highest BCUT2D eigenvalue weighted by molar-refractivity contribution is 5.86.